The molecule has 14 heavy (non-hydrogen) atoms. The molecule has 0 aliphatic heterocycles. The van der Waals surface area contributed by atoms with Crippen LogP contribution in [0.5, 0.6) is 0 Å². The molecule has 0 aliphatic carbocycles. The number of aliphatic hydroxyl groups is 1. The maximum atomic E-state index is 8.89. The maximum Gasteiger partial charge on any atom is 0.0558 e. The van der Waals surface area contributed by atoms with Gasteiger partial charge in [-0.15, -0.1) is 6.58 Å². The van der Waals surface area contributed by atoms with E-state index in [1.165, 1.54) is 0 Å². The Hall–Kier alpha value is -0.380. The van der Waals surface area contributed by atoms with Gasteiger partial charge in [0.15, 0.2) is 0 Å². The van der Waals surface area contributed by atoms with Crippen LogP contribution in [-0.4, -0.2) is 48.3 Å². The first kappa shape index (κ1) is 13.6. The normalized spacial score (nSPS) is 12.1. The summed E-state index contributed by atoms with van der Waals surface area (Å²) < 4.78 is 0. The predicted molar refractivity (Wildman–Crippen MR) is 61.5 cm³/mol. The van der Waals surface area contributed by atoms with Gasteiger partial charge in [-0.25, -0.2) is 0 Å². The third-order valence-corrected chi connectivity index (χ3v) is 2.08. The zero-order valence-electron chi connectivity index (χ0n) is 9.71. The van der Waals surface area contributed by atoms with E-state index in [-0.39, 0.29) is 12.1 Å². The maximum absolute atomic E-state index is 8.89. The Morgan fingerprint density at radius 2 is 2.14 bits per heavy atom. The van der Waals surface area contributed by atoms with E-state index in [0.29, 0.717) is 6.54 Å². The smallest absolute Gasteiger partial charge is 0.0558 e. The van der Waals surface area contributed by atoms with E-state index >= 15 is 0 Å². The van der Waals surface area contributed by atoms with E-state index in [4.69, 9.17) is 5.11 Å². The van der Waals surface area contributed by atoms with Gasteiger partial charge < -0.3 is 10.4 Å². The molecule has 0 atom stereocenters. The fourth-order valence-electron chi connectivity index (χ4n) is 1.65. The number of hydrogen-bond acceptors (Lipinski definition) is 3. The lowest BCUT2D eigenvalue weighted by molar-refractivity contribution is 0.172. The van der Waals surface area contributed by atoms with Gasteiger partial charge in [-0.05, 0) is 20.4 Å². The average Bonchev–Trinajstić information content (AvgIpc) is 2.03. The van der Waals surface area contributed by atoms with E-state index in [1.807, 2.05) is 6.08 Å². The molecule has 0 amide bonds. The Morgan fingerprint density at radius 3 is 2.57 bits per heavy atom. The molecule has 0 aromatic rings. The molecule has 0 radical (unpaired) electrons. The van der Waals surface area contributed by atoms with Crippen molar-refractivity contribution < 1.29 is 5.11 Å². The molecule has 84 valence electrons. The van der Waals surface area contributed by atoms with Crippen LogP contribution in [0.4, 0.5) is 0 Å². The Balaban J connectivity index is 4.04. The Kier molecular flexibility index (Phi) is 6.79. The molecular formula is C11H24N2O. The van der Waals surface area contributed by atoms with Gasteiger partial charge in [0, 0.05) is 25.2 Å². The van der Waals surface area contributed by atoms with Gasteiger partial charge in [0.05, 0.1) is 6.61 Å². The van der Waals surface area contributed by atoms with E-state index in [0.717, 1.165) is 19.6 Å². The van der Waals surface area contributed by atoms with Crippen molar-refractivity contribution in [3.8, 4) is 0 Å². The SMILES string of the molecule is C=CCN(CCO)CC(C)(C)NCC. The molecule has 0 spiro atoms. The molecule has 0 aliphatic rings. The highest BCUT2D eigenvalue weighted by molar-refractivity contribution is 4.84. The second kappa shape index (κ2) is 6.98. The molecule has 0 heterocycles. The van der Waals surface area contributed by atoms with Crippen LogP contribution in [0.15, 0.2) is 12.7 Å². The lowest BCUT2D eigenvalue weighted by Gasteiger charge is -2.32. The fraction of sp³-hybridized carbons (Fsp3) is 0.818. The van der Waals surface area contributed by atoms with Crippen molar-refractivity contribution in [3.05, 3.63) is 12.7 Å². The zero-order chi connectivity index (χ0) is 11.0. The summed E-state index contributed by atoms with van der Waals surface area (Å²) >= 11 is 0. The highest BCUT2D eigenvalue weighted by atomic mass is 16.3. The minimum Gasteiger partial charge on any atom is -0.395 e. The summed E-state index contributed by atoms with van der Waals surface area (Å²) in [6.07, 6.45) is 1.87. The third-order valence-electron chi connectivity index (χ3n) is 2.08. The van der Waals surface area contributed by atoms with E-state index in [9.17, 15) is 0 Å². The molecule has 2 N–H and O–H groups in total. The Morgan fingerprint density at radius 1 is 1.50 bits per heavy atom. The average molecular weight is 200 g/mol. The molecule has 0 unspecified atom stereocenters. The summed E-state index contributed by atoms with van der Waals surface area (Å²) in [6, 6.07) is 0. The first-order chi connectivity index (χ1) is 6.55. The molecule has 0 rings (SSSR count). The van der Waals surface area contributed by atoms with Gasteiger partial charge in [0.25, 0.3) is 0 Å². The number of rotatable bonds is 8. The Bertz CT molecular complexity index is 157. The standard InChI is InChI=1S/C11H24N2O/c1-5-7-13(8-9-14)10-11(3,4)12-6-2/h5,12,14H,1,6-10H2,2-4H3. The van der Waals surface area contributed by atoms with Crippen molar-refractivity contribution in [1.29, 1.82) is 0 Å². The highest BCUT2D eigenvalue weighted by Crippen LogP contribution is 2.05. The number of nitrogens with one attached hydrogen (secondary N) is 1. The largest absolute Gasteiger partial charge is 0.395 e. The third kappa shape index (κ3) is 6.13. The highest BCUT2D eigenvalue weighted by Gasteiger charge is 2.19. The van der Waals surface area contributed by atoms with Crippen LogP contribution in [0.3, 0.4) is 0 Å². The van der Waals surface area contributed by atoms with Crippen molar-refractivity contribution in [2.24, 2.45) is 0 Å². The van der Waals surface area contributed by atoms with E-state index in [2.05, 4.69) is 37.6 Å². The molecule has 3 heteroatoms. The molecule has 0 bridgehead atoms. The van der Waals surface area contributed by atoms with Gasteiger partial charge in [0.1, 0.15) is 0 Å². The van der Waals surface area contributed by atoms with E-state index in [1.54, 1.807) is 0 Å². The second-order valence-electron chi connectivity index (χ2n) is 4.16. The molecule has 0 fully saturated rings. The summed E-state index contributed by atoms with van der Waals surface area (Å²) in [4.78, 5) is 2.19. The fourth-order valence-corrected chi connectivity index (χ4v) is 1.65. The summed E-state index contributed by atoms with van der Waals surface area (Å²) in [5, 5.41) is 12.3. The zero-order valence-corrected chi connectivity index (χ0v) is 9.71. The molecule has 0 saturated carbocycles. The monoisotopic (exact) mass is 200 g/mol. The minimum atomic E-state index is 0.0902. The van der Waals surface area contributed by atoms with Crippen molar-refractivity contribution in [2.45, 2.75) is 26.3 Å². The first-order valence-corrected chi connectivity index (χ1v) is 5.25. The van der Waals surface area contributed by atoms with E-state index < -0.39 is 0 Å². The summed E-state index contributed by atoms with van der Waals surface area (Å²) in [7, 11) is 0. The van der Waals surface area contributed by atoms with Crippen LogP contribution in [0.25, 0.3) is 0 Å². The second-order valence-corrected chi connectivity index (χ2v) is 4.16. The predicted octanol–water partition coefficient (Wildman–Crippen LogP) is 0.855. The van der Waals surface area contributed by atoms with Crippen LogP contribution < -0.4 is 5.32 Å². The first-order valence-electron chi connectivity index (χ1n) is 5.25. The van der Waals surface area contributed by atoms with Crippen LogP contribution in [0, 0.1) is 0 Å². The van der Waals surface area contributed by atoms with Crippen molar-refractivity contribution in [3.63, 3.8) is 0 Å². The number of hydrogen-bond donors (Lipinski definition) is 2. The quantitative estimate of drug-likeness (QED) is 0.570. The topological polar surface area (TPSA) is 35.5 Å². The van der Waals surface area contributed by atoms with Gasteiger partial charge in [-0.2, -0.15) is 0 Å². The van der Waals surface area contributed by atoms with Crippen molar-refractivity contribution in [1.82, 2.24) is 10.2 Å². The van der Waals surface area contributed by atoms with Gasteiger partial charge in [0.2, 0.25) is 0 Å². The Labute approximate surface area is 87.8 Å². The van der Waals surface area contributed by atoms with Crippen LogP contribution in [-0.2, 0) is 0 Å². The van der Waals surface area contributed by atoms with Gasteiger partial charge in [-0.3, -0.25) is 4.90 Å². The summed E-state index contributed by atoms with van der Waals surface area (Å²) in [5.74, 6) is 0. The lowest BCUT2D eigenvalue weighted by atomic mass is 10.0. The van der Waals surface area contributed by atoms with Crippen LogP contribution >= 0.6 is 0 Å². The molecule has 0 aromatic carbocycles. The molecule has 3 nitrogen and oxygen atoms in total. The molecule has 0 saturated heterocycles. The summed E-state index contributed by atoms with van der Waals surface area (Å²) in [5.41, 5.74) is 0.0902. The number of likely N-dealkylation sites (N-methyl/N-ethyl adjacent to an activating group) is 1. The number of aliphatic hydroxyl groups excluding tert-OH is 1. The number of nitrogens with zero attached hydrogens (tertiary/aromatic N) is 1. The minimum absolute atomic E-state index is 0.0902. The van der Waals surface area contributed by atoms with Crippen molar-refractivity contribution in [2.75, 3.05) is 32.8 Å². The lowest BCUT2D eigenvalue weighted by Crippen LogP contribution is -2.49. The molecular weight excluding hydrogens is 176 g/mol. The van der Waals surface area contributed by atoms with Gasteiger partial charge >= 0.3 is 0 Å². The summed E-state index contributed by atoms with van der Waals surface area (Å²) in [6.45, 7) is 13.8. The van der Waals surface area contributed by atoms with Crippen LogP contribution in [0.1, 0.15) is 20.8 Å². The molecule has 0 aromatic heterocycles. The van der Waals surface area contributed by atoms with Crippen LogP contribution in [0.2, 0.25) is 0 Å². The van der Waals surface area contributed by atoms with Crippen molar-refractivity contribution >= 4 is 0 Å². The van der Waals surface area contributed by atoms with Gasteiger partial charge in [-0.1, -0.05) is 13.0 Å².